The van der Waals surface area contributed by atoms with Gasteiger partial charge in [0.05, 0.1) is 5.41 Å². The van der Waals surface area contributed by atoms with Crippen LogP contribution in [-0.4, -0.2) is 23.1 Å². The molecule has 0 aromatic heterocycles. The molecule has 98 valence electrons. The van der Waals surface area contributed by atoms with Crippen LogP contribution >= 0.6 is 0 Å². The Kier molecular flexibility index (Phi) is 3.29. The molecule has 1 atom stereocenters. The molecule has 0 aromatic carbocycles. The first-order chi connectivity index (χ1) is 7.52. The van der Waals surface area contributed by atoms with Crippen molar-refractivity contribution in [1.82, 2.24) is 0 Å². The fourth-order valence-corrected chi connectivity index (χ4v) is 1.84. The molecular formula is C13H22O4. The molecule has 0 radical (unpaired) electrons. The number of rotatable bonds is 3. The van der Waals surface area contributed by atoms with Crippen molar-refractivity contribution in [3.05, 3.63) is 0 Å². The van der Waals surface area contributed by atoms with Crippen molar-refractivity contribution in [2.24, 2.45) is 5.41 Å². The van der Waals surface area contributed by atoms with Gasteiger partial charge in [0.25, 0.3) is 0 Å². The smallest absolute Gasteiger partial charge is 0.351 e. The van der Waals surface area contributed by atoms with Crippen LogP contribution < -0.4 is 0 Å². The molecule has 0 aliphatic carbocycles. The van der Waals surface area contributed by atoms with Crippen molar-refractivity contribution >= 4 is 11.9 Å². The maximum atomic E-state index is 12.0. The third-order valence-electron chi connectivity index (χ3n) is 3.32. The summed E-state index contributed by atoms with van der Waals surface area (Å²) in [5.74, 6) is -0.806. The molecule has 0 N–H and O–H groups in total. The standard InChI is InChI=1S/C13H22O4/c1-7-11(2,3)9(14)17-13(6)8-12(4,5)16-10(13)15/h7-8H2,1-6H3. The monoisotopic (exact) mass is 242 g/mol. The summed E-state index contributed by atoms with van der Waals surface area (Å²) >= 11 is 0. The van der Waals surface area contributed by atoms with Crippen molar-refractivity contribution in [2.45, 2.75) is 65.6 Å². The molecule has 1 aliphatic heterocycles. The van der Waals surface area contributed by atoms with E-state index in [1.54, 1.807) is 6.92 Å². The number of ether oxygens (including phenoxy) is 2. The summed E-state index contributed by atoms with van der Waals surface area (Å²) in [5, 5.41) is 0. The van der Waals surface area contributed by atoms with Gasteiger partial charge in [-0.05, 0) is 41.0 Å². The van der Waals surface area contributed by atoms with Gasteiger partial charge in [-0.15, -0.1) is 0 Å². The van der Waals surface area contributed by atoms with Crippen LogP contribution in [-0.2, 0) is 19.1 Å². The van der Waals surface area contributed by atoms with Crippen LogP contribution in [0.15, 0.2) is 0 Å². The molecule has 0 spiro atoms. The first-order valence-electron chi connectivity index (χ1n) is 5.99. The van der Waals surface area contributed by atoms with Gasteiger partial charge >= 0.3 is 11.9 Å². The Morgan fingerprint density at radius 1 is 1.41 bits per heavy atom. The zero-order valence-corrected chi connectivity index (χ0v) is 11.5. The first kappa shape index (κ1) is 14.0. The van der Waals surface area contributed by atoms with Crippen molar-refractivity contribution < 1.29 is 19.1 Å². The molecule has 1 heterocycles. The Hall–Kier alpha value is -1.06. The van der Waals surface area contributed by atoms with Crippen molar-refractivity contribution in [1.29, 1.82) is 0 Å². The molecule has 1 unspecified atom stereocenters. The molecule has 4 heteroatoms. The zero-order chi connectivity index (χ0) is 13.5. The molecule has 0 aromatic rings. The molecule has 0 bridgehead atoms. The summed E-state index contributed by atoms with van der Waals surface area (Å²) in [6, 6.07) is 0. The SMILES string of the molecule is CCC(C)(C)C(=O)OC1(C)CC(C)(C)OC1=O. The Labute approximate surface area is 103 Å². The minimum Gasteiger partial charge on any atom is -0.457 e. The molecule has 4 nitrogen and oxygen atoms in total. The predicted molar refractivity (Wildman–Crippen MR) is 63.4 cm³/mol. The van der Waals surface area contributed by atoms with Crippen LogP contribution in [0.4, 0.5) is 0 Å². The van der Waals surface area contributed by atoms with E-state index >= 15 is 0 Å². The van der Waals surface area contributed by atoms with Gasteiger partial charge in [-0.25, -0.2) is 4.79 Å². The van der Waals surface area contributed by atoms with Gasteiger partial charge in [0.2, 0.25) is 5.60 Å². The first-order valence-corrected chi connectivity index (χ1v) is 5.99. The lowest BCUT2D eigenvalue weighted by Gasteiger charge is -2.27. The number of hydrogen-bond acceptors (Lipinski definition) is 4. The average molecular weight is 242 g/mol. The fraction of sp³-hybridized carbons (Fsp3) is 0.846. The summed E-state index contributed by atoms with van der Waals surface area (Å²) in [4.78, 5) is 23.7. The van der Waals surface area contributed by atoms with E-state index in [1.165, 1.54) is 0 Å². The van der Waals surface area contributed by atoms with Gasteiger partial charge in [-0.3, -0.25) is 4.79 Å². The van der Waals surface area contributed by atoms with Crippen LogP contribution in [0.25, 0.3) is 0 Å². The zero-order valence-electron chi connectivity index (χ0n) is 11.5. The topological polar surface area (TPSA) is 52.6 Å². The lowest BCUT2D eigenvalue weighted by atomic mass is 9.89. The average Bonchev–Trinajstić information content (AvgIpc) is 2.34. The number of esters is 2. The molecular weight excluding hydrogens is 220 g/mol. The second-order valence-corrected chi connectivity index (χ2v) is 6.18. The van der Waals surface area contributed by atoms with E-state index in [0.29, 0.717) is 12.8 Å². The highest BCUT2D eigenvalue weighted by Crippen LogP contribution is 2.38. The number of carbonyl (C=O) groups excluding carboxylic acids is 2. The normalized spacial score (nSPS) is 27.8. The quantitative estimate of drug-likeness (QED) is 0.713. The lowest BCUT2D eigenvalue weighted by Crippen LogP contribution is -2.41. The Bertz CT molecular complexity index is 343. The van der Waals surface area contributed by atoms with Crippen LogP contribution in [0.2, 0.25) is 0 Å². The van der Waals surface area contributed by atoms with E-state index in [-0.39, 0.29) is 5.97 Å². The van der Waals surface area contributed by atoms with E-state index < -0.39 is 22.6 Å². The molecule has 0 saturated carbocycles. The van der Waals surface area contributed by atoms with Crippen LogP contribution in [0, 0.1) is 5.41 Å². The highest BCUT2D eigenvalue weighted by Gasteiger charge is 2.53. The van der Waals surface area contributed by atoms with E-state index in [4.69, 9.17) is 9.47 Å². The van der Waals surface area contributed by atoms with Gasteiger partial charge in [0.15, 0.2) is 0 Å². The Morgan fingerprint density at radius 3 is 2.29 bits per heavy atom. The number of hydrogen-bond donors (Lipinski definition) is 0. The lowest BCUT2D eigenvalue weighted by molar-refractivity contribution is -0.178. The minimum absolute atomic E-state index is 0.350. The molecule has 0 amide bonds. The molecule has 1 rings (SSSR count). The van der Waals surface area contributed by atoms with Crippen LogP contribution in [0.1, 0.15) is 54.4 Å². The van der Waals surface area contributed by atoms with Gasteiger partial charge in [0, 0.05) is 6.42 Å². The third kappa shape index (κ3) is 2.79. The summed E-state index contributed by atoms with van der Waals surface area (Å²) in [5.41, 5.74) is -2.29. The summed E-state index contributed by atoms with van der Waals surface area (Å²) in [7, 11) is 0. The van der Waals surface area contributed by atoms with E-state index in [9.17, 15) is 9.59 Å². The van der Waals surface area contributed by atoms with Gasteiger partial charge in [-0.2, -0.15) is 0 Å². The minimum atomic E-state index is -1.15. The Morgan fingerprint density at radius 2 is 1.94 bits per heavy atom. The maximum Gasteiger partial charge on any atom is 0.351 e. The largest absolute Gasteiger partial charge is 0.457 e. The second-order valence-electron chi connectivity index (χ2n) is 6.18. The summed E-state index contributed by atoms with van der Waals surface area (Å²) in [6.45, 7) is 10.8. The van der Waals surface area contributed by atoms with Crippen molar-refractivity contribution in [2.75, 3.05) is 0 Å². The second kappa shape index (κ2) is 4.00. The Balaban J connectivity index is 2.82. The maximum absolute atomic E-state index is 12.0. The highest BCUT2D eigenvalue weighted by molar-refractivity contribution is 5.86. The molecule has 1 fully saturated rings. The van der Waals surface area contributed by atoms with E-state index in [0.717, 1.165) is 0 Å². The fourth-order valence-electron chi connectivity index (χ4n) is 1.84. The number of carbonyl (C=O) groups is 2. The van der Waals surface area contributed by atoms with Crippen LogP contribution in [0.5, 0.6) is 0 Å². The summed E-state index contributed by atoms with van der Waals surface area (Å²) < 4.78 is 10.6. The third-order valence-corrected chi connectivity index (χ3v) is 3.32. The molecule has 17 heavy (non-hydrogen) atoms. The van der Waals surface area contributed by atoms with Crippen LogP contribution in [0.3, 0.4) is 0 Å². The van der Waals surface area contributed by atoms with Crippen molar-refractivity contribution in [3.63, 3.8) is 0 Å². The van der Waals surface area contributed by atoms with Gasteiger partial charge in [0.1, 0.15) is 5.60 Å². The summed E-state index contributed by atoms with van der Waals surface area (Å²) in [6.07, 6.45) is 1.06. The highest BCUT2D eigenvalue weighted by atomic mass is 16.6. The van der Waals surface area contributed by atoms with E-state index in [1.807, 2.05) is 34.6 Å². The molecule has 1 aliphatic rings. The van der Waals surface area contributed by atoms with Gasteiger partial charge in [-0.1, -0.05) is 6.92 Å². The van der Waals surface area contributed by atoms with Gasteiger partial charge < -0.3 is 9.47 Å². The van der Waals surface area contributed by atoms with Crippen molar-refractivity contribution in [3.8, 4) is 0 Å². The van der Waals surface area contributed by atoms with E-state index in [2.05, 4.69) is 0 Å². The number of cyclic esters (lactones) is 1. The predicted octanol–water partition coefficient (Wildman–Crippen LogP) is 2.45. The molecule has 1 saturated heterocycles.